The van der Waals surface area contributed by atoms with Gasteiger partial charge >= 0.3 is 0 Å². The Morgan fingerprint density at radius 3 is 2.32 bits per heavy atom. The Labute approximate surface area is 181 Å². The number of oxime groups is 1. The Kier molecular flexibility index (Phi) is 7.48. The average Bonchev–Trinajstić information content (AvgIpc) is 2.82. The highest BCUT2D eigenvalue weighted by atomic mass is 32.2. The standard InChI is InChI=1S/C21H25N3O6S/c1-28-19-9-8-17(14-20(19)29-2)15-22-30-16-21(25)23-10-12-24(13-11-23)31(26,27)18-6-4-3-5-7-18/h3-9,14-15H,10-13,16H2,1-2H3/b22-15+. The van der Waals surface area contributed by atoms with E-state index in [1.165, 1.54) is 10.5 Å². The molecule has 0 unspecified atom stereocenters. The Morgan fingerprint density at radius 1 is 1.00 bits per heavy atom. The number of carbonyl (C=O) groups excluding carboxylic acids is 1. The van der Waals surface area contributed by atoms with E-state index in [-0.39, 0.29) is 30.5 Å². The van der Waals surface area contributed by atoms with E-state index >= 15 is 0 Å². The minimum Gasteiger partial charge on any atom is -0.493 e. The number of hydrogen-bond donors (Lipinski definition) is 0. The van der Waals surface area contributed by atoms with Crippen molar-refractivity contribution in [2.24, 2.45) is 5.16 Å². The fraction of sp³-hybridized carbons (Fsp3) is 0.333. The number of amides is 1. The Bertz CT molecular complexity index is 1020. The van der Waals surface area contributed by atoms with Crippen LogP contribution >= 0.6 is 0 Å². The van der Waals surface area contributed by atoms with Crippen LogP contribution in [0, 0.1) is 0 Å². The molecule has 0 radical (unpaired) electrons. The number of nitrogens with zero attached hydrogens (tertiary/aromatic N) is 3. The van der Waals surface area contributed by atoms with Crippen molar-refractivity contribution in [1.29, 1.82) is 0 Å². The lowest BCUT2D eigenvalue weighted by molar-refractivity contribution is -0.137. The van der Waals surface area contributed by atoms with Crippen molar-refractivity contribution in [2.45, 2.75) is 4.90 Å². The highest BCUT2D eigenvalue weighted by molar-refractivity contribution is 7.89. The first-order valence-electron chi connectivity index (χ1n) is 9.66. The molecule has 2 aromatic rings. The monoisotopic (exact) mass is 447 g/mol. The van der Waals surface area contributed by atoms with Crippen molar-refractivity contribution in [2.75, 3.05) is 47.0 Å². The van der Waals surface area contributed by atoms with Gasteiger partial charge in [0.05, 0.1) is 25.3 Å². The van der Waals surface area contributed by atoms with Gasteiger partial charge in [0.2, 0.25) is 10.0 Å². The number of benzene rings is 2. The summed E-state index contributed by atoms with van der Waals surface area (Å²) in [4.78, 5) is 19.3. The van der Waals surface area contributed by atoms with Crippen LogP contribution in [-0.4, -0.2) is 76.8 Å². The third-order valence-corrected chi connectivity index (χ3v) is 6.76. The Balaban J connectivity index is 1.48. The van der Waals surface area contributed by atoms with Crippen LogP contribution in [0.3, 0.4) is 0 Å². The number of hydrogen-bond acceptors (Lipinski definition) is 7. The number of ether oxygens (including phenoxy) is 2. The molecule has 1 amide bonds. The van der Waals surface area contributed by atoms with Crippen molar-refractivity contribution in [1.82, 2.24) is 9.21 Å². The van der Waals surface area contributed by atoms with Gasteiger partial charge in [-0.2, -0.15) is 4.31 Å². The molecule has 1 aliphatic heterocycles. The molecule has 1 saturated heterocycles. The van der Waals surface area contributed by atoms with Crippen molar-refractivity contribution in [3.05, 3.63) is 54.1 Å². The van der Waals surface area contributed by atoms with Crippen LogP contribution in [0.25, 0.3) is 0 Å². The molecule has 0 saturated carbocycles. The molecule has 9 nitrogen and oxygen atoms in total. The number of piperazine rings is 1. The van der Waals surface area contributed by atoms with Gasteiger partial charge in [0.1, 0.15) is 0 Å². The van der Waals surface area contributed by atoms with E-state index in [1.54, 1.807) is 67.7 Å². The van der Waals surface area contributed by atoms with E-state index in [9.17, 15) is 13.2 Å². The topological polar surface area (TPSA) is 97.7 Å². The van der Waals surface area contributed by atoms with Crippen molar-refractivity contribution in [3.8, 4) is 11.5 Å². The van der Waals surface area contributed by atoms with Crippen LogP contribution in [0.4, 0.5) is 0 Å². The van der Waals surface area contributed by atoms with Gasteiger partial charge < -0.3 is 19.2 Å². The first-order chi connectivity index (χ1) is 15.0. The second-order valence-electron chi connectivity index (χ2n) is 6.72. The smallest absolute Gasteiger partial charge is 0.263 e. The van der Waals surface area contributed by atoms with E-state index in [0.717, 1.165) is 5.56 Å². The maximum absolute atomic E-state index is 12.7. The van der Waals surface area contributed by atoms with E-state index in [0.29, 0.717) is 24.6 Å². The van der Waals surface area contributed by atoms with Gasteiger partial charge in [0.15, 0.2) is 18.1 Å². The summed E-state index contributed by atoms with van der Waals surface area (Å²) >= 11 is 0. The summed E-state index contributed by atoms with van der Waals surface area (Å²) in [6.45, 7) is 0.840. The molecule has 166 valence electrons. The molecule has 3 rings (SSSR count). The molecule has 0 bridgehead atoms. The average molecular weight is 448 g/mol. The Morgan fingerprint density at radius 2 is 1.68 bits per heavy atom. The maximum atomic E-state index is 12.7. The highest BCUT2D eigenvalue weighted by Crippen LogP contribution is 2.26. The molecule has 1 fully saturated rings. The third-order valence-electron chi connectivity index (χ3n) is 4.84. The van der Waals surface area contributed by atoms with Crippen LogP contribution in [0.1, 0.15) is 5.56 Å². The van der Waals surface area contributed by atoms with Crippen molar-refractivity contribution < 1.29 is 27.5 Å². The van der Waals surface area contributed by atoms with E-state index in [2.05, 4.69) is 5.16 Å². The quantitative estimate of drug-likeness (QED) is 0.450. The number of carbonyl (C=O) groups is 1. The maximum Gasteiger partial charge on any atom is 0.263 e. The lowest BCUT2D eigenvalue weighted by Crippen LogP contribution is -2.51. The van der Waals surface area contributed by atoms with Gasteiger partial charge in [-0.1, -0.05) is 23.4 Å². The predicted molar refractivity (Wildman–Crippen MR) is 115 cm³/mol. The van der Waals surface area contributed by atoms with E-state index in [1.807, 2.05) is 0 Å². The zero-order valence-electron chi connectivity index (χ0n) is 17.4. The van der Waals surface area contributed by atoms with Gasteiger partial charge in [0.25, 0.3) is 5.91 Å². The fourth-order valence-electron chi connectivity index (χ4n) is 3.13. The second kappa shape index (κ2) is 10.3. The first kappa shape index (κ1) is 22.6. The molecule has 0 aromatic heterocycles. The third kappa shape index (κ3) is 5.53. The van der Waals surface area contributed by atoms with E-state index in [4.69, 9.17) is 14.3 Å². The summed E-state index contributed by atoms with van der Waals surface area (Å²) in [6.07, 6.45) is 1.47. The van der Waals surface area contributed by atoms with Gasteiger partial charge in [0, 0.05) is 31.7 Å². The molecule has 0 N–H and O–H groups in total. The second-order valence-corrected chi connectivity index (χ2v) is 8.66. The van der Waals surface area contributed by atoms with Crippen LogP contribution in [0.15, 0.2) is 58.6 Å². The number of rotatable bonds is 8. The fourth-order valence-corrected chi connectivity index (χ4v) is 4.58. The minimum absolute atomic E-state index is 0.227. The lowest BCUT2D eigenvalue weighted by Gasteiger charge is -2.33. The molecule has 31 heavy (non-hydrogen) atoms. The van der Waals surface area contributed by atoms with Crippen LogP contribution < -0.4 is 9.47 Å². The van der Waals surface area contributed by atoms with E-state index < -0.39 is 10.0 Å². The SMILES string of the molecule is COc1ccc(/C=N/OCC(=O)N2CCN(S(=O)(=O)c3ccccc3)CC2)cc1OC. The summed E-state index contributed by atoms with van der Waals surface area (Å²) in [6, 6.07) is 13.5. The molecular weight excluding hydrogens is 422 g/mol. The summed E-state index contributed by atoms with van der Waals surface area (Å²) < 4.78 is 37.1. The first-order valence-corrected chi connectivity index (χ1v) is 11.1. The van der Waals surface area contributed by atoms with Gasteiger partial charge in [-0.15, -0.1) is 0 Å². The Hall–Kier alpha value is -3.11. The molecular formula is C21H25N3O6S. The summed E-state index contributed by atoms with van der Waals surface area (Å²) in [7, 11) is -0.459. The zero-order chi connectivity index (χ0) is 22.3. The molecule has 0 aliphatic carbocycles. The van der Waals surface area contributed by atoms with Crippen LogP contribution in [-0.2, 0) is 19.7 Å². The summed E-state index contributed by atoms with van der Waals surface area (Å²) in [5, 5.41) is 3.83. The van der Waals surface area contributed by atoms with Gasteiger partial charge in [-0.25, -0.2) is 8.42 Å². The van der Waals surface area contributed by atoms with Gasteiger partial charge in [-0.3, -0.25) is 4.79 Å². The zero-order valence-corrected chi connectivity index (χ0v) is 18.2. The van der Waals surface area contributed by atoms with Crippen LogP contribution in [0.2, 0.25) is 0 Å². The summed E-state index contributed by atoms with van der Waals surface area (Å²) in [5.41, 5.74) is 0.727. The molecule has 1 aliphatic rings. The number of sulfonamides is 1. The van der Waals surface area contributed by atoms with Crippen molar-refractivity contribution >= 4 is 22.1 Å². The lowest BCUT2D eigenvalue weighted by atomic mass is 10.2. The van der Waals surface area contributed by atoms with Crippen LogP contribution in [0.5, 0.6) is 11.5 Å². The normalized spacial score (nSPS) is 15.1. The molecule has 0 spiro atoms. The predicted octanol–water partition coefficient (Wildman–Crippen LogP) is 1.59. The minimum atomic E-state index is -3.55. The molecule has 0 atom stereocenters. The molecule has 10 heteroatoms. The van der Waals surface area contributed by atoms with Crippen molar-refractivity contribution in [3.63, 3.8) is 0 Å². The summed E-state index contributed by atoms with van der Waals surface area (Å²) in [5.74, 6) is 0.913. The number of methoxy groups -OCH3 is 2. The largest absolute Gasteiger partial charge is 0.493 e. The molecule has 1 heterocycles. The van der Waals surface area contributed by atoms with Gasteiger partial charge in [-0.05, 0) is 30.3 Å². The molecule has 2 aromatic carbocycles. The highest BCUT2D eigenvalue weighted by Gasteiger charge is 2.30.